The highest BCUT2D eigenvalue weighted by Crippen LogP contribution is 2.27. The average molecular weight is 471 g/mol. The van der Waals surface area contributed by atoms with Gasteiger partial charge < -0.3 is 0 Å². The Kier molecular flexibility index (Phi) is 8.21. The molecule has 0 aromatic heterocycles. The van der Waals surface area contributed by atoms with Crippen LogP contribution in [0.2, 0.25) is 0 Å². The largest absolute Gasteiger partial charge is 0.300 e. The monoisotopic (exact) mass is 470 g/mol. The van der Waals surface area contributed by atoms with Crippen molar-refractivity contribution in [2.75, 3.05) is 37.7 Å². The van der Waals surface area contributed by atoms with Gasteiger partial charge in [-0.15, -0.1) is 0 Å². The van der Waals surface area contributed by atoms with Gasteiger partial charge in [0.15, 0.2) is 19.7 Å². The fourth-order valence-corrected chi connectivity index (χ4v) is 9.05. The van der Waals surface area contributed by atoms with Crippen LogP contribution in [0.5, 0.6) is 0 Å². The summed E-state index contributed by atoms with van der Waals surface area (Å²) >= 11 is 0. The smallest absolute Gasteiger partial charge is 0.181 e. The van der Waals surface area contributed by atoms with Crippen LogP contribution in [-0.2, 0) is 19.7 Å². The normalized spacial score (nSPS) is 21.6. The Balaban J connectivity index is 1.84. The van der Waals surface area contributed by atoms with Crippen molar-refractivity contribution < 1.29 is 16.8 Å². The Morgan fingerprint density at radius 2 is 1.13 bits per heavy atom. The molecular formula is C23H38N2O4S2. The van der Waals surface area contributed by atoms with Gasteiger partial charge in [-0.1, -0.05) is 18.9 Å². The van der Waals surface area contributed by atoms with Crippen LogP contribution in [0, 0.1) is 6.92 Å². The lowest BCUT2D eigenvalue weighted by Gasteiger charge is -2.32. The van der Waals surface area contributed by atoms with Crippen molar-refractivity contribution in [1.29, 1.82) is 0 Å². The van der Waals surface area contributed by atoms with Crippen LogP contribution in [0.4, 0.5) is 0 Å². The third-order valence-corrected chi connectivity index (χ3v) is 10.7. The molecule has 0 aliphatic carbocycles. The Bertz CT molecular complexity index is 948. The van der Waals surface area contributed by atoms with E-state index in [9.17, 15) is 16.8 Å². The molecule has 2 aliphatic heterocycles. The SMILES string of the molecule is Cc1ccc(S(=O)(=O)CC(C)N2CCCCC2)c(S(=O)(=O)CC(C)N2CCCCC2)c1. The minimum absolute atomic E-state index is 0.0257. The van der Waals surface area contributed by atoms with Crippen molar-refractivity contribution in [3.63, 3.8) is 0 Å². The van der Waals surface area contributed by atoms with Gasteiger partial charge in [0.2, 0.25) is 0 Å². The second-order valence-electron chi connectivity index (χ2n) is 9.40. The fourth-order valence-electron chi connectivity index (χ4n) is 4.86. The van der Waals surface area contributed by atoms with Crippen LogP contribution in [0.3, 0.4) is 0 Å². The topological polar surface area (TPSA) is 74.8 Å². The predicted molar refractivity (Wildman–Crippen MR) is 125 cm³/mol. The molecule has 2 fully saturated rings. The Hall–Kier alpha value is -0.960. The standard InChI is InChI=1S/C23H38N2O4S2/c1-19-10-11-22(30(26,27)17-20(2)24-12-6-4-7-13-24)23(16-19)31(28,29)18-21(3)25-14-8-5-9-15-25/h10-11,16,20-21H,4-9,12-15,17-18H2,1-3H3. The molecule has 0 spiro atoms. The Labute approximate surface area is 188 Å². The van der Waals surface area contributed by atoms with E-state index in [1.165, 1.54) is 25.0 Å². The highest BCUT2D eigenvalue weighted by molar-refractivity contribution is 7.94. The highest BCUT2D eigenvalue weighted by atomic mass is 32.2. The van der Waals surface area contributed by atoms with E-state index in [0.29, 0.717) is 0 Å². The molecule has 0 bridgehead atoms. The maximum absolute atomic E-state index is 13.4. The molecule has 0 N–H and O–H groups in total. The molecule has 176 valence electrons. The summed E-state index contributed by atoms with van der Waals surface area (Å²) in [6.45, 7) is 9.30. The summed E-state index contributed by atoms with van der Waals surface area (Å²) in [4.78, 5) is 4.36. The summed E-state index contributed by atoms with van der Waals surface area (Å²) in [5, 5.41) is 0. The van der Waals surface area contributed by atoms with Crippen LogP contribution in [0.1, 0.15) is 57.9 Å². The summed E-state index contributed by atoms with van der Waals surface area (Å²) in [6, 6.07) is 4.47. The van der Waals surface area contributed by atoms with Gasteiger partial charge in [-0.3, -0.25) is 9.80 Å². The quantitative estimate of drug-likeness (QED) is 0.580. The minimum Gasteiger partial charge on any atom is -0.300 e. The van der Waals surface area contributed by atoms with E-state index in [0.717, 1.165) is 57.4 Å². The molecule has 8 heteroatoms. The van der Waals surface area contributed by atoms with Crippen LogP contribution in [0.15, 0.2) is 28.0 Å². The Morgan fingerprint density at radius 1 is 0.710 bits per heavy atom. The first-order valence-electron chi connectivity index (χ1n) is 11.6. The van der Waals surface area contributed by atoms with Gasteiger partial charge in [0, 0.05) is 12.1 Å². The number of piperidine rings is 2. The molecule has 2 heterocycles. The highest BCUT2D eigenvalue weighted by Gasteiger charge is 2.32. The maximum Gasteiger partial charge on any atom is 0.181 e. The predicted octanol–water partition coefficient (Wildman–Crippen LogP) is 3.29. The lowest BCUT2D eigenvalue weighted by atomic mass is 10.1. The van der Waals surface area contributed by atoms with E-state index < -0.39 is 19.7 Å². The number of benzene rings is 1. The van der Waals surface area contributed by atoms with Crippen LogP contribution < -0.4 is 0 Å². The van der Waals surface area contributed by atoms with Crippen LogP contribution >= 0.6 is 0 Å². The van der Waals surface area contributed by atoms with Gasteiger partial charge in [0.05, 0.1) is 21.3 Å². The third-order valence-electron chi connectivity index (χ3n) is 6.72. The zero-order valence-electron chi connectivity index (χ0n) is 19.2. The molecule has 1 aromatic rings. The molecule has 6 nitrogen and oxygen atoms in total. The molecule has 0 radical (unpaired) electrons. The number of aryl methyl sites for hydroxylation is 1. The molecule has 31 heavy (non-hydrogen) atoms. The second kappa shape index (κ2) is 10.3. The van der Waals surface area contributed by atoms with Gasteiger partial charge in [-0.25, -0.2) is 16.8 Å². The van der Waals surface area contributed by atoms with Crippen LogP contribution in [-0.4, -0.2) is 76.4 Å². The number of hydrogen-bond donors (Lipinski definition) is 0. The molecule has 0 amide bonds. The maximum atomic E-state index is 13.4. The van der Waals surface area contributed by atoms with Gasteiger partial charge in [-0.05, 0) is 90.3 Å². The van der Waals surface area contributed by atoms with Crippen molar-refractivity contribution in [3.05, 3.63) is 23.8 Å². The molecule has 2 saturated heterocycles. The molecule has 3 rings (SSSR count). The molecule has 2 unspecified atom stereocenters. The molecule has 2 atom stereocenters. The summed E-state index contributed by atoms with van der Waals surface area (Å²) in [5.41, 5.74) is 0.757. The first-order valence-corrected chi connectivity index (χ1v) is 14.9. The van der Waals surface area contributed by atoms with E-state index in [1.807, 2.05) is 13.8 Å². The van der Waals surface area contributed by atoms with E-state index in [2.05, 4.69) is 9.80 Å². The summed E-state index contributed by atoms with van der Waals surface area (Å²) in [6.07, 6.45) is 6.72. The number of nitrogens with zero attached hydrogens (tertiary/aromatic N) is 2. The number of rotatable bonds is 8. The van der Waals surface area contributed by atoms with E-state index in [4.69, 9.17) is 0 Å². The fraction of sp³-hybridized carbons (Fsp3) is 0.739. The van der Waals surface area contributed by atoms with Crippen molar-refractivity contribution in [2.24, 2.45) is 0 Å². The van der Waals surface area contributed by atoms with Crippen molar-refractivity contribution in [2.45, 2.75) is 81.2 Å². The zero-order valence-corrected chi connectivity index (χ0v) is 20.8. The van der Waals surface area contributed by atoms with Gasteiger partial charge in [-0.2, -0.15) is 0 Å². The first kappa shape index (κ1) is 24.7. The Morgan fingerprint density at radius 3 is 1.58 bits per heavy atom. The van der Waals surface area contributed by atoms with E-state index in [-0.39, 0.29) is 33.4 Å². The van der Waals surface area contributed by atoms with Crippen LogP contribution in [0.25, 0.3) is 0 Å². The average Bonchev–Trinajstić information content (AvgIpc) is 2.74. The summed E-state index contributed by atoms with van der Waals surface area (Å²) < 4.78 is 53.5. The number of likely N-dealkylation sites (tertiary alicyclic amines) is 2. The molecular weight excluding hydrogens is 432 g/mol. The first-order chi connectivity index (χ1) is 14.6. The minimum atomic E-state index is -3.74. The number of sulfone groups is 2. The van der Waals surface area contributed by atoms with Gasteiger partial charge in [0.25, 0.3) is 0 Å². The van der Waals surface area contributed by atoms with Crippen molar-refractivity contribution in [1.82, 2.24) is 9.80 Å². The molecule has 2 aliphatic rings. The summed E-state index contributed by atoms with van der Waals surface area (Å²) in [7, 11) is -7.47. The lowest BCUT2D eigenvalue weighted by Crippen LogP contribution is -2.42. The second-order valence-corrected chi connectivity index (χ2v) is 13.4. The van der Waals surface area contributed by atoms with E-state index >= 15 is 0 Å². The summed E-state index contributed by atoms with van der Waals surface area (Å²) in [5.74, 6) is -0.110. The van der Waals surface area contributed by atoms with Gasteiger partial charge >= 0.3 is 0 Å². The number of hydrogen-bond acceptors (Lipinski definition) is 6. The lowest BCUT2D eigenvalue weighted by molar-refractivity contribution is 0.186. The van der Waals surface area contributed by atoms with Gasteiger partial charge in [0.1, 0.15) is 0 Å². The molecule has 0 saturated carbocycles. The molecule has 1 aromatic carbocycles. The van der Waals surface area contributed by atoms with Crippen molar-refractivity contribution in [3.8, 4) is 0 Å². The third kappa shape index (κ3) is 6.30. The van der Waals surface area contributed by atoms with E-state index in [1.54, 1.807) is 13.0 Å². The van der Waals surface area contributed by atoms with Crippen molar-refractivity contribution >= 4 is 19.7 Å². The zero-order chi connectivity index (χ0) is 22.6.